The number of nitrogens with zero attached hydrogens (tertiary/aromatic N) is 2. The summed E-state index contributed by atoms with van der Waals surface area (Å²) < 4.78 is 12.7. The maximum absolute atomic E-state index is 13.0. The SMILES string of the molecule is COC(=O)c1c(OCCc2ccsc2)cc(=O)n2c1CCN(CC(C)c1ccccc1)CC2. The second-order valence-corrected chi connectivity index (χ2v) is 9.18. The Labute approximate surface area is 198 Å². The number of rotatable bonds is 8. The molecule has 1 unspecified atom stereocenters. The van der Waals surface area contributed by atoms with Crippen LogP contribution in [0.25, 0.3) is 0 Å². The van der Waals surface area contributed by atoms with Gasteiger partial charge in [-0.25, -0.2) is 4.79 Å². The van der Waals surface area contributed by atoms with E-state index in [1.54, 1.807) is 15.9 Å². The number of hydrogen-bond donors (Lipinski definition) is 0. The zero-order valence-corrected chi connectivity index (χ0v) is 20.0. The second-order valence-electron chi connectivity index (χ2n) is 8.40. The molecule has 0 saturated carbocycles. The lowest BCUT2D eigenvalue weighted by atomic mass is 10.0. The van der Waals surface area contributed by atoms with E-state index in [1.807, 2.05) is 17.5 Å². The van der Waals surface area contributed by atoms with Crippen molar-refractivity contribution < 1.29 is 14.3 Å². The van der Waals surface area contributed by atoms with E-state index in [0.29, 0.717) is 48.9 Å². The van der Waals surface area contributed by atoms with Crippen LogP contribution in [0, 0.1) is 0 Å². The topological polar surface area (TPSA) is 60.8 Å². The Balaban J connectivity index is 1.53. The highest BCUT2D eigenvalue weighted by Gasteiger charge is 2.26. The van der Waals surface area contributed by atoms with Gasteiger partial charge in [0.1, 0.15) is 11.3 Å². The first-order chi connectivity index (χ1) is 16.1. The zero-order valence-electron chi connectivity index (χ0n) is 19.2. The third-order valence-electron chi connectivity index (χ3n) is 6.20. The molecule has 0 bridgehead atoms. The largest absolute Gasteiger partial charge is 0.492 e. The van der Waals surface area contributed by atoms with Crippen LogP contribution in [0.4, 0.5) is 0 Å². The minimum absolute atomic E-state index is 0.138. The van der Waals surface area contributed by atoms with Crippen molar-refractivity contribution in [2.24, 2.45) is 0 Å². The van der Waals surface area contributed by atoms with Crippen LogP contribution >= 0.6 is 11.3 Å². The molecule has 0 N–H and O–H groups in total. The molecule has 3 aromatic rings. The van der Waals surface area contributed by atoms with Gasteiger partial charge in [-0.2, -0.15) is 11.3 Å². The molecule has 174 valence electrons. The van der Waals surface area contributed by atoms with Gasteiger partial charge in [0.15, 0.2) is 0 Å². The molecule has 33 heavy (non-hydrogen) atoms. The highest BCUT2D eigenvalue weighted by Crippen LogP contribution is 2.25. The first-order valence-electron chi connectivity index (χ1n) is 11.3. The molecular weight excluding hydrogens is 436 g/mol. The van der Waals surface area contributed by atoms with Crippen molar-refractivity contribution in [3.8, 4) is 5.75 Å². The third kappa shape index (κ3) is 5.54. The van der Waals surface area contributed by atoms with Crippen molar-refractivity contribution in [1.82, 2.24) is 9.47 Å². The summed E-state index contributed by atoms with van der Waals surface area (Å²) in [6, 6.07) is 13.9. The summed E-state index contributed by atoms with van der Waals surface area (Å²) in [5, 5.41) is 4.09. The van der Waals surface area contributed by atoms with Gasteiger partial charge in [0, 0.05) is 50.8 Å². The van der Waals surface area contributed by atoms with Crippen LogP contribution in [0.15, 0.2) is 58.0 Å². The average molecular weight is 467 g/mol. The lowest BCUT2D eigenvalue weighted by molar-refractivity contribution is 0.0593. The fraction of sp³-hybridized carbons (Fsp3) is 0.385. The van der Waals surface area contributed by atoms with Crippen LogP contribution in [-0.2, 0) is 24.1 Å². The first kappa shape index (κ1) is 23.3. The fourth-order valence-corrected chi connectivity index (χ4v) is 5.10. The summed E-state index contributed by atoms with van der Waals surface area (Å²) in [7, 11) is 1.37. The number of benzene rings is 1. The van der Waals surface area contributed by atoms with E-state index < -0.39 is 5.97 Å². The average Bonchev–Trinajstić information content (AvgIpc) is 3.26. The van der Waals surface area contributed by atoms with Gasteiger partial charge in [-0.15, -0.1) is 0 Å². The number of thiophene rings is 1. The number of esters is 1. The highest BCUT2D eigenvalue weighted by atomic mass is 32.1. The van der Waals surface area contributed by atoms with Crippen molar-refractivity contribution in [3.63, 3.8) is 0 Å². The monoisotopic (exact) mass is 466 g/mol. The molecule has 2 aromatic heterocycles. The Morgan fingerprint density at radius 2 is 1.97 bits per heavy atom. The second kappa shape index (κ2) is 10.8. The van der Waals surface area contributed by atoms with E-state index in [0.717, 1.165) is 19.6 Å². The van der Waals surface area contributed by atoms with Crippen molar-refractivity contribution in [2.45, 2.75) is 32.2 Å². The quantitative estimate of drug-likeness (QED) is 0.470. The number of fused-ring (bicyclic) bond motifs is 1. The van der Waals surface area contributed by atoms with Gasteiger partial charge in [-0.05, 0) is 33.9 Å². The smallest absolute Gasteiger partial charge is 0.343 e. The lowest BCUT2D eigenvalue weighted by Gasteiger charge is -2.24. The van der Waals surface area contributed by atoms with E-state index in [-0.39, 0.29) is 5.56 Å². The van der Waals surface area contributed by atoms with Gasteiger partial charge in [0.25, 0.3) is 5.56 Å². The van der Waals surface area contributed by atoms with Gasteiger partial charge < -0.3 is 18.9 Å². The predicted octanol–water partition coefficient (Wildman–Crippen LogP) is 3.98. The molecule has 1 aliphatic rings. The molecule has 0 saturated heterocycles. The Bertz CT molecular complexity index is 1130. The minimum atomic E-state index is -0.463. The maximum Gasteiger partial charge on any atom is 0.343 e. The van der Waals surface area contributed by atoms with Crippen LogP contribution in [-0.4, -0.2) is 48.8 Å². The molecule has 4 rings (SSSR count). The van der Waals surface area contributed by atoms with Gasteiger partial charge in [0.05, 0.1) is 13.7 Å². The number of pyridine rings is 1. The molecule has 0 amide bonds. The van der Waals surface area contributed by atoms with E-state index in [1.165, 1.54) is 24.3 Å². The van der Waals surface area contributed by atoms with E-state index in [4.69, 9.17) is 9.47 Å². The summed E-state index contributed by atoms with van der Waals surface area (Å²) in [5.41, 5.74) is 3.42. The summed E-state index contributed by atoms with van der Waals surface area (Å²) in [4.78, 5) is 28.1. The number of carbonyl (C=O) groups excluding carboxylic acids is 1. The highest BCUT2D eigenvalue weighted by molar-refractivity contribution is 7.07. The molecule has 1 aliphatic heterocycles. The van der Waals surface area contributed by atoms with Gasteiger partial charge >= 0.3 is 5.97 Å². The molecule has 1 aromatic carbocycles. The minimum Gasteiger partial charge on any atom is -0.492 e. The molecule has 0 spiro atoms. The fourth-order valence-electron chi connectivity index (χ4n) is 4.40. The van der Waals surface area contributed by atoms with Crippen LogP contribution in [0.5, 0.6) is 5.75 Å². The van der Waals surface area contributed by atoms with Crippen LogP contribution < -0.4 is 10.3 Å². The standard InChI is InChI=1S/C26H30N2O4S/c1-19(21-6-4-3-5-7-21)17-27-11-8-22-25(26(30)31-2)23(16-24(29)28(22)13-12-27)32-14-9-20-10-15-33-18-20/h3-7,10,15-16,18-19H,8-9,11-14,17H2,1-2H3. The van der Waals surface area contributed by atoms with Crippen LogP contribution in [0.1, 0.15) is 40.0 Å². The van der Waals surface area contributed by atoms with Crippen LogP contribution in [0.2, 0.25) is 0 Å². The van der Waals surface area contributed by atoms with Gasteiger partial charge in [-0.3, -0.25) is 4.79 Å². The molecule has 1 atom stereocenters. The predicted molar refractivity (Wildman–Crippen MR) is 131 cm³/mol. The number of methoxy groups -OCH3 is 1. The van der Waals surface area contributed by atoms with E-state index in [2.05, 4.69) is 41.5 Å². The lowest BCUT2D eigenvalue weighted by Crippen LogP contribution is -2.31. The van der Waals surface area contributed by atoms with Crippen LogP contribution in [0.3, 0.4) is 0 Å². The van der Waals surface area contributed by atoms with Crippen molar-refractivity contribution in [2.75, 3.05) is 33.4 Å². The zero-order chi connectivity index (χ0) is 23.2. The Hall–Kier alpha value is -2.90. The Kier molecular flexibility index (Phi) is 7.62. The molecule has 3 heterocycles. The molecule has 0 aliphatic carbocycles. The van der Waals surface area contributed by atoms with Crippen molar-refractivity contribution in [3.05, 3.63) is 86.0 Å². The van der Waals surface area contributed by atoms with Crippen molar-refractivity contribution >= 4 is 17.3 Å². The summed E-state index contributed by atoms with van der Waals surface area (Å²) in [5.74, 6) is 0.232. The number of aromatic nitrogens is 1. The molecule has 0 fully saturated rings. The third-order valence-corrected chi connectivity index (χ3v) is 6.94. The number of hydrogen-bond acceptors (Lipinski definition) is 6. The molecule has 6 nitrogen and oxygen atoms in total. The number of ether oxygens (including phenoxy) is 2. The van der Waals surface area contributed by atoms with Crippen molar-refractivity contribution in [1.29, 1.82) is 0 Å². The molecular formula is C26H30N2O4S. The Morgan fingerprint density at radius 1 is 1.15 bits per heavy atom. The first-order valence-corrected chi connectivity index (χ1v) is 12.3. The summed E-state index contributed by atoms with van der Waals surface area (Å²) in [6.07, 6.45) is 1.30. The summed E-state index contributed by atoms with van der Waals surface area (Å²) >= 11 is 1.64. The van der Waals surface area contributed by atoms with E-state index >= 15 is 0 Å². The summed E-state index contributed by atoms with van der Waals surface area (Å²) in [6.45, 7) is 5.56. The normalized spacial score (nSPS) is 14.8. The van der Waals surface area contributed by atoms with Gasteiger partial charge in [-0.1, -0.05) is 37.3 Å². The Morgan fingerprint density at radius 3 is 2.70 bits per heavy atom. The maximum atomic E-state index is 13.0. The molecule has 7 heteroatoms. The molecule has 0 radical (unpaired) electrons. The van der Waals surface area contributed by atoms with E-state index in [9.17, 15) is 9.59 Å². The van der Waals surface area contributed by atoms with Gasteiger partial charge in [0.2, 0.25) is 0 Å². The number of carbonyl (C=O) groups is 1.